The Bertz CT molecular complexity index is 904. The number of amides is 1. The highest BCUT2D eigenvalue weighted by atomic mass is 16.2. The van der Waals surface area contributed by atoms with E-state index in [2.05, 4.69) is 37.1 Å². The van der Waals surface area contributed by atoms with E-state index in [4.69, 9.17) is 5.73 Å². The van der Waals surface area contributed by atoms with E-state index in [-0.39, 0.29) is 17.8 Å². The summed E-state index contributed by atoms with van der Waals surface area (Å²) < 4.78 is 0. The quantitative estimate of drug-likeness (QED) is 0.633. The fraction of sp³-hybridized carbons (Fsp3) is 0.176. The van der Waals surface area contributed by atoms with E-state index in [1.54, 1.807) is 30.7 Å². The highest BCUT2D eigenvalue weighted by Gasteiger charge is 2.13. The van der Waals surface area contributed by atoms with Crippen molar-refractivity contribution in [3.63, 3.8) is 0 Å². The molecule has 3 rings (SSSR count). The Balaban J connectivity index is 1.60. The van der Waals surface area contributed by atoms with Gasteiger partial charge in [-0.05, 0) is 25.1 Å². The number of nitrogen functional groups attached to an aromatic ring is 1. The van der Waals surface area contributed by atoms with E-state index in [1.165, 1.54) is 0 Å². The van der Waals surface area contributed by atoms with Crippen molar-refractivity contribution < 1.29 is 4.79 Å². The summed E-state index contributed by atoms with van der Waals surface area (Å²) >= 11 is 0. The predicted octanol–water partition coefficient (Wildman–Crippen LogP) is 1.50. The monoisotopic (exact) mass is 320 g/mol. The van der Waals surface area contributed by atoms with Gasteiger partial charge in [-0.1, -0.05) is 11.8 Å². The summed E-state index contributed by atoms with van der Waals surface area (Å²) in [6.45, 7) is 1.88. The van der Waals surface area contributed by atoms with Gasteiger partial charge in [0.1, 0.15) is 0 Å². The molecule has 7 nitrogen and oxygen atoms in total. The third kappa shape index (κ3) is 3.67. The van der Waals surface area contributed by atoms with E-state index >= 15 is 0 Å². The van der Waals surface area contributed by atoms with E-state index in [0.717, 1.165) is 11.1 Å². The topological polar surface area (TPSA) is 110 Å². The molecule has 1 amide bonds. The van der Waals surface area contributed by atoms with Gasteiger partial charge < -0.3 is 16.0 Å². The van der Waals surface area contributed by atoms with E-state index in [0.29, 0.717) is 17.8 Å². The molecular formula is C17H16N6O. The van der Waals surface area contributed by atoms with E-state index < -0.39 is 0 Å². The number of nitrogens with one attached hydrogen (secondary N) is 2. The van der Waals surface area contributed by atoms with Crippen LogP contribution < -0.4 is 11.1 Å². The molecule has 0 saturated heterocycles. The maximum Gasteiger partial charge on any atom is 0.287 e. The molecule has 1 atom stereocenters. The van der Waals surface area contributed by atoms with Crippen LogP contribution in [-0.2, 0) is 0 Å². The lowest BCUT2D eigenvalue weighted by atomic mass is 10.2. The molecule has 3 aromatic heterocycles. The molecule has 3 heterocycles. The van der Waals surface area contributed by atoms with Gasteiger partial charge in [0.05, 0.1) is 11.2 Å². The number of H-pyrrole nitrogens is 1. The molecule has 0 unspecified atom stereocenters. The Kier molecular flexibility index (Phi) is 4.38. The Morgan fingerprint density at radius 3 is 3.12 bits per heavy atom. The summed E-state index contributed by atoms with van der Waals surface area (Å²) in [5.74, 6) is 5.94. The first-order valence-electron chi connectivity index (χ1n) is 7.43. The molecule has 0 aromatic carbocycles. The van der Waals surface area contributed by atoms with Crippen LogP contribution in [0.5, 0.6) is 0 Å². The van der Waals surface area contributed by atoms with Gasteiger partial charge in [-0.2, -0.15) is 0 Å². The fourth-order valence-corrected chi connectivity index (χ4v) is 2.13. The lowest BCUT2D eigenvalue weighted by molar-refractivity contribution is 0.0931. The van der Waals surface area contributed by atoms with Crippen molar-refractivity contribution in [1.82, 2.24) is 25.3 Å². The van der Waals surface area contributed by atoms with Crippen LogP contribution in [0.4, 0.5) is 5.69 Å². The first-order chi connectivity index (χ1) is 11.6. The largest absolute Gasteiger partial charge is 0.397 e. The van der Waals surface area contributed by atoms with Crippen molar-refractivity contribution in [2.75, 3.05) is 5.73 Å². The molecule has 0 bridgehead atoms. The molecule has 4 N–H and O–H groups in total. The van der Waals surface area contributed by atoms with Crippen molar-refractivity contribution in [2.45, 2.75) is 19.4 Å². The van der Waals surface area contributed by atoms with Crippen molar-refractivity contribution in [2.24, 2.45) is 0 Å². The van der Waals surface area contributed by atoms with Crippen LogP contribution in [0.1, 0.15) is 29.5 Å². The molecule has 0 spiro atoms. The van der Waals surface area contributed by atoms with Gasteiger partial charge in [0.15, 0.2) is 11.5 Å². The number of fused-ring (bicyclic) bond motifs is 1. The summed E-state index contributed by atoms with van der Waals surface area (Å²) in [5, 5.41) is 2.85. The maximum absolute atomic E-state index is 12.2. The molecule has 0 aliphatic heterocycles. The number of pyridine rings is 2. The summed E-state index contributed by atoms with van der Waals surface area (Å²) in [4.78, 5) is 27.4. The Labute approximate surface area is 138 Å². The summed E-state index contributed by atoms with van der Waals surface area (Å²) in [6, 6.07) is 5.23. The number of carbonyl (C=O) groups is 1. The van der Waals surface area contributed by atoms with Gasteiger partial charge in [-0.3, -0.25) is 9.78 Å². The first-order valence-corrected chi connectivity index (χ1v) is 7.43. The van der Waals surface area contributed by atoms with Crippen LogP contribution in [-0.4, -0.2) is 31.9 Å². The average molecular weight is 320 g/mol. The zero-order valence-corrected chi connectivity index (χ0v) is 13.1. The molecule has 7 heteroatoms. The summed E-state index contributed by atoms with van der Waals surface area (Å²) in [6.07, 6.45) is 5.34. The number of imidazole rings is 1. The molecule has 0 radical (unpaired) electrons. The van der Waals surface area contributed by atoms with Gasteiger partial charge in [0.2, 0.25) is 0 Å². The molecule has 0 fully saturated rings. The number of aromatic amines is 1. The van der Waals surface area contributed by atoms with Crippen LogP contribution in [0.2, 0.25) is 0 Å². The summed E-state index contributed by atoms with van der Waals surface area (Å²) in [7, 11) is 0. The Morgan fingerprint density at radius 1 is 1.46 bits per heavy atom. The minimum atomic E-state index is -0.284. The second kappa shape index (κ2) is 6.79. The Hall–Kier alpha value is -3.40. The van der Waals surface area contributed by atoms with Gasteiger partial charge in [-0.15, -0.1) is 0 Å². The number of carbonyl (C=O) groups excluding carboxylic acids is 1. The van der Waals surface area contributed by atoms with Gasteiger partial charge >= 0.3 is 0 Å². The van der Waals surface area contributed by atoms with Gasteiger partial charge in [0.25, 0.3) is 5.91 Å². The number of anilines is 1. The van der Waals surface area contributed by atoms with Crippen LogP contribution in [0, 0.1) is 11.8 Å². The second-order valence-corrected chi connectivity index (χ2v) is 5.35. The molecule has 3 aromatic rings. The second-order valence-electron chi connectivity index (χ2n) is 5.35. The number of nitrogens with two attached hydrogens (primary N) is 1. The van der Waals surface area contributed by atoms with Crippen molar-refractivity contribution >= 4 is 22.8 Å². The number of aromatic nitrogens is 4. The van der Waals surface area contributed by atoms with Crippen molar-refractivity contribution in [3.05, 3.63) is 48.2 Å². The van der Waals surface area contributed by atoms with Crippen LogP contribution >= 0.6 is 0 Å². The van der Waals surface area contributed by atoms with Crippen LogP contribution in [0.3, 0.4) is 0 Å². The fourth-order valence-electron chi connectivity index (χ4n) is 2.13. The number of hydrogen-bond acceptors (Lipinski definition) is 5. The average Bonchev–Trinajstić information content (AvgIpc) is 2.99. The van der Waals surface area contributed by atoms with Crippen molar-refractivity contribution in [3.8, 4) is 11.8 Å². The smallest absolute Gasteiger partial charge is 0.287 e. The zero-order chi connectivity index (χ0) is 16.9. The maximum atomic E-state index is 12.2. The van der Waals surface area contributed by atoms with Gasteiger partial charge in [0, 0.05) is 36.6 Å². The van der Waals surface area contributed by atoms with Crippen molar-refractivity contribution in [1.29, 1.82) is 0 Å². The van der Waals surface area contributed by atoms with Gasteiger partial charge in [-0.25, -0.2) is 9.97 Å². The van der Waals surface area contributed by atoms with Crippen LogP contribution in [0.15, 0.2) is 36.8 Å². The predicted molar refractivity (Wildman–Crippen MR) is 91.0 cm³/mol. The number of rotatable bonds is 3. The van der Waals surface area contributed by atoms with E-state index in [9.17, 15) is 4.79 Å². The minimum Gasteiger partial charge on any atom is -0.397 e. The first kappa shape index (κ1) is 15.5. The molecule has 0 aliphatic rings. The third-order valence-electron chi connectivity index (χ3n) is 3.25. The molecule has 120 valence electrons. The molecular weight excluding hydrogens is 304 g/mol. The molecule has 0 saturated carbocycles. The SMILES string of the molecule is C[C@@H](CC#Cc1cncc(N)c1)NC(=O)c1nc2ncccc2[nH]1. The minimum absolute atomic E-state index is 0.125. The third-order valence-corrected chi connectivity index (χ3v) is 3.25. The lowest BCUT2D eigenvalue weighted by Crippen LogP contribution is -2.32. The highest BCUT2D eigenvalue weighted by molar-refractivity contribution is 5.93. The number of hydrogen-bond donors (Lipinski definition) is 3. The Morgan fingerprint density at radius 2 is 2.33 bits per heavy atom. The highest BCUT2D eigenvalue weighted by Crippen LogP contribution is 2.07. The molecule has 0 aliphatic carbocycles. The zero-order valence-electron chi connectivity index (χ0n) is 13.1. The summed E-state index contributed by atoms with van der Waals surface area (Å²) in [5.41, 5.74) is 8.21. The van der Waals surface area contributed by atoms with E-state index in [1.807, 2.05) is 13.0 Å². The van der Waals surface area contributed by atoms with Crippen LogP contribution in [0.25, 0.3) is 11.2 Å². The molecule has 24 heavy (non-hydrogen) atoms. The lowest BCUT2D eigenvalue weighted by Gasteiger charge is -2.08. The number of nitrogens with zero attached hydrogens (tertiary/aromatic N) is 3. The standard InChI is InChI=1S/C17H16N6O/c1-11(4-2-5-12-8-13(18)10-19-9-12)21-17(24)16-22-14-6-3-7-20-15(14)23-16/h3,6-11H,4,18H2,1H3,(H,21,24)(H,20,22,23)/t11-/m0/s1. The normalized spacial score (nSPS) is 11.5.